The summed E-state index contributed by atoms with van der Waals surface area (Å²) < 4.78 is 0. The van der Waals surface area contributed by atoms with Crippen LogP contribution in [0.3, 0.4) is 0 Å². The van der Waals surface area contributed by atoms with Crippen molar-refractivity contribution >= 4 is 11.9 Å². The summed E-state index contributed by atoms with van der Waals surface area (Å²) in [5.74, 6) is -0.454. The summed E-state index contributed by atoms with van der Waals surface area (Å²) in [5, 5.41) is 19.3. The fraction of sp³-hybridized carbons (Fsp3) is 0.778. The number of hydrogen-bond donors (Lipinski definition) is 2. The molecule has 3 fully saturated rings. The number of carboxylic acid groups (broad SMARTS) is 2. The zero-order valence-corrected chi connectivity index (χ0v) is 13.4. The lowest BCUT2D eigenvalue weighted by Gasteiger charge is -2.44. The Morgan fingerprint density at radius 3 is 2.65 bits per heavy atom. The number of carboxylic acids is 2. The van der Waals surface area contributed by atoms with Gasteiger partial charge < -0.3 is 15.1 Å². The van der Waals surface area contributed by atoms with Crippen LogP contribution in [0.1, 0.15) is 32.1 Å². The monoisotopic (exact) mass is 319 g/mol. The molecule has 23 heavy (non-hydrogen) atoms. The van der Waals surface area contributed by atoms with Crippen LogP contribution in [0, 0.1) is 35.0 Å². The second-order valence-electron chi connectivity index (χ2n) is 8.19. The van der Waals surface area contributed by atoms with E-state index in [0.717, 1.165) is 26.1 Å². The van der Waals surface area contributed by atoms with Crippen molar-refractivity contribution in [2.45, 2.75) is 32.1 Å². The Kier molecular flexibility index (Phi) is 3.52. The highest BCUT2D eigenvalue weighted by Gasteiger charge is 2.53. The molecule has 0 aromatic rings. The highest BCUT2D eigenvalue weighted by molar-refractivity contribution is 5.78. The zero-order valence-electron chi connectivity index (χ0n) is 13.4. The third-order valence-corrected chi connectivity index (χ3v) is 6.93. The number of allylic oxidation sites excluding steroid dienone is 1. The molecule has 4 rings (SSSR count). The van der Waals surface area contributed by atoms with E-state index in [4.69, 9.17) is 0 Å². The molecule has 7 atom stereocenters. The molecular weight excluding hydrogens is 294 g/mol. The van der Waals surface area contributed by atoms with Crippen LogP contribution in [0.2, 0.25) is 0 Å². The summed E-state index contributed by atoms with van der Waals surface area (Å²) in [5.41, 5.74) is -0.782. The number of carbonyl (C=O) groups is 2. The van der Waals surface area contributed by atoms with E-state index < -0.39 is 17.4 Å². The summed E-state index contributed by atoms with van der Waals surface area (Å²) in [4.78, 5) is 25.9. The molecule has 0 aromatic carbocycles. The van der Waals surface area contributed by atoms with Gasteiger partial charge in [0.2, 0.25) is 0 Å². The average molecular weight is 319 g/mol. The maximum absolute atomic E-state index is 12.2. The minimum absolute atomic E-state index is 0.169. The molecule has 2 aliphatic heterocycles. The van der Waals surface area contributed by atoms with Crippen LogP contribution in [-0.4, -0.2) is 46.7 Å². The van der Waals surface area contributed by atoms with Gasteiger partial charge in [-0.15, -0.1) is 0 Å². The molecule has 5 heteroatoms. The number of aliphatic carboxylic acids is 2. The smallest absolute Gasteiger partial charge is 0.313 e. The summed E-state index contributed by atoms with van der Waals surface area (Å²) >= 11 is 0. The van der Waals surface area contributed by atoms with Gasteiger partial charge >= 0.3 is 11.9 Å². The van der Waals surface area contributed by atoms with E-state index >= 15 is 0 Å². The van der Waals surface area contributed by atoms with Crippen LogP contribution < -0.4 is 0 Å². The van der Waals surface area contributed by atoms with Gasteiger partial charge in [0, 0.05) is 13.1 Å². The lowest BCUT2D eigenvalue weighted by molar-refractivity contribution is -0.152. The maximum Gasteiger partial charge on any atom is 0.313 e. The highest BCUT2D eigenvalue weighted by atomic mass is 16.4. The minimum atomic E-state index is -0.782. The first kappa shape index (κ1) is 15.2. The van der Waals surface area contributed by atoms with Crippen molar-refractivity contribution in [2.24, 2.45) is 35.0 Å². The normalized spacial score (nSPS) is 48.2. The van der Waals surface area contributed by atoms with Crippen molar-refractivity contribution < 1.29 is 19.8 Å². The standard InChI is InChI=1S/C18H25NO4/c20-16(21)13-6-12-1-3-18(17(22)23,8-14(12)7-13)15-5-11-2-4-19(9-11)10-15/h1,3,11-15H,2,4-10H2,(H,20,21)(H,22,23). The average Bonchev–Trinajstić information content (AvgIpc) is 3.09. The molecule has 0 amide bonds. The molecule has 2 saturated heterocycles. The molecule has 4 aliphatic rings. The maximum atomic E-state index is 12.2. The van der Waals surface area contributed by atoms with E-state index in [0.29, 0.717) is 25.2 Å². The van der Waals surface area contributed by atoms with Crippen molar-refractivity contribution in [2.75, 3.05) is 19.6 Å². The lowest BCUT2D eigenvalue weighted by atomic mass is 9.62. The number of hydrogen-bond acceptors (Lipinski definition) is 3. The van der Waals surface area contributed by atoms with Crippen molar-refractivity contribution in [3.05, 3.63) is 12.2 Å². The van der Waals surface area contributed by atoms with Gasteiger partial charge in [0.1, 0.15) is 0 Å². The van der Waals surface area contributed by atoms with Gasteiger partial charge in [0.15, 0.2) is 0 Å². The Hall–Kier alpha value is -1.36. The van der Waals surface area contributed by atoms with Crippen LogP contribution in [0.5, 0.6) is 0 Å². The zero-order chi connectivity index (χ0) is 16.2. The largest absolute Gasteiger partial charge is 0.481 e. The first-order valence-corrected chi connectivity index (χ1v) is 8.86. The first-order valence-electron chi connectivity index (χ1n) is 8.86. The molecule has 0 aromatic heterocycles. The number of fused-ring (bicyclic) bond motifs is 3. The van der Waals surface area contributed by atoms with Gasteiger partial charge in [0.05, 0.1) is 11.3 Å². The van der Waals surface area contributed by atoms with Gasteiger partial charge in [-0.25, -0.2) is 0 Å². The molecular formula is C18H25NO4. The topological polar surface area (TPSA) is 77.8 Å². The molecule has 126 valence electrons. The molecule has 1 saturated carbocycles. The summed E-state index contributed by atoms with van der Waals surface area (Å²) in [7, 11) is 0. The fourth-order valence-corrected chi connectivity index (χ4v) is 5.70. The van der Waals surface area contributed by atoms with Crippen LogP contribution in [0.4, 0.5) is 0 Å². The van der Waals surface area contributed by atoms with Gasteiger partial charge in [-0.2, -0.15) is 0 Å². The van der Waals surface area contributed by atoms with Crippen LogP contribution >= 0.6 is 0 Å². The second kappa shape index (κ2) is 5.33. The molecule has 2 bridgehead atoms. The third-order valence-electron chi connectivity index (χ3n) is 6.93. The molecule has 0 spiro atoms. The SMILES string of the molecule is O=C(O)C1CC2C=CC(C(=O)O)(C3CC4CCN(C4)C3)CC2C1. The molecule has 7 unspecified atom stereocenters. The lowest BCUT2D eigenvalue weighted by Crippen LogP contribution is -2.48. The molecule has 2 heterocycles. The summed E-state index contributed by atoms with van der Waals surface area (Å²) in [6.07, 6.45) is 8.12. The number of nitrogens with zero attached hydrogens (tertiary/aromatic N) is 1. The molecule has 2 aliphatic carbocycles. The van der Waals surface area contributed by atoms with E-state index in [2.05, 4.69) is 4.90 Å². The highest BCUT2D eigenvalue weighted by Crippen LogP contribution is 2.53. The van der Waals surface area contributed by atoms with Crippen molar-refractivity contribution in [1.82, 2.24) is 4.90 Å². The van der Waals surface area contributed by atoms with Crippen LogP contribution in [0.25, 0.3) is 0 Å². The van der Waals surface area contributed by atoms with Gasteiger partial charge in [-0.1, -0.05) is 12.2 Å². The number of rotatable bonds is 3. The van der Waals surface area contributed by atoms with Crippen LogP contribution in [-0.2, 0) is 9.59 Å². The fourth-order valence-electron chi connectivity index (χ4n) is 5.70. The van der Waals surface area contributed by atoms with Crippen molar-refractivity contribution in [3.8, 4) is 0 Å². The van der Waals surface area contributed by atoms with Gasteiger partial charge in [-0.05, 0) is 62.3 Å². The summed E-state index contributed by atoms with van der Waals surface area (Å²) in [6.45, 7) is 3.11. The molecule has 5 nitrogen and oxygen atoms in total. The Bertz CT molecular complexity index is 547. The van der Waals surface area contributed by atoms with E-state index in [1.807, 2.05) is 12.2 Å². The van der Waals surface area contributed by atoms with Crippen molar-refractivity contribution in [1.29, 1.82) is 0 Å². The quantitative estimate of drug-likeness (QED) is 0.779. The first-order chi connectivity index (χ1) is 11.0. The van der Waals surface area contributed by atoms with E-state index in [9.17, 15) is 19.8 Å². The van der Waals surface area contributed by atoms with E-state index in [1.165, 1.54) is 6.42 Å². The molecule has 0 radical (unpaired) electrons. The van der Waals surface area contributed by atoms with Gasteiger partial charge in [0.25, 0.3) is 0 Å². The third kappa shape index (κ3) is 2.40. The minimum Gasteiger partial charge on any atom is -0.481 e. The predicted molar refractivity (Wildman–Crippen MR) is 83.8 cm³/mol. The van der Waals surface area contributed by atoms with Crippen molar-refractivity contribution in [3.63, 3.8) is 0 Å². The summed E-state index contributed by atoms with van der Waals surface area (Å²) in [6, 6.07) is 0. The Labute approximate surface area is 136 Å². The van der Waals surface area contributed by atoms with E-state index in [-0.39, 0.29) is 23.7 Å². The van der Waals surface area contributed by atoms with Gasteiger partial charge in [-0.3, -0.25) is 9.59 Å². The number of piperidine rings is 1. The Morgan fingerprint density at radius 2 is 1.96 bits per heavy atom. The molecule has 2 N–H and O–H groups in total. The Balaban J connectivity index is 1.59. The Morgan fingerprint density at radius 1 is 1.13 bits per heavy atom. The second-order valence-corrected chi connectivity index (χ2v) is 8.19. The van der Waals surface area contributed by atoms with Crippen LogP contribution in [0.15, 0.2) is 12.2 Å². The van der Waals surface area contributed by atoms with E-state index in [1.54, 1.807) is 0 Å². The predicted octanol–water partition coefficient (Wildman–Crippen LogP) is 2.09.